The van der Waals surface area contributed by atoms with Gasteiger partial charge >= 0.3 is 5.97 Å². The number of aromatic carboxylic acids is 1. The number of hydrogen-bond acceptors (Lipinski definition) is 4. The van der Waals surface area contributed by atoms with Gasteiger partial charge in [-0.15, -0.1) is 0 Å². The summed E-state index contributed by atoms with van der Waals surface area (Å²) >= 11 is 0. The van der Waals surface area contributed by atoms with Crippen LogP contribution >= 0.6 is 0 Å². The fourth-order valence-electron chi connectivity index (χ4n) is 1.50. The van der Waals surface area contributed by atoms with Crippen molar-refractivity contribution in [1.82, 2.24) is 4.90 Å². The van der Waals surface area contributed by atoms with Gasteiger partial charge in [-0.25, -0.2) is 4.79 Å². The topological polar surface area (TPSA) is 65.7 Å². The molecule has 0 radical (unpaired) electrons. The summed E-state index contributed by atoms with van der Waals surface area (Å²) in [7, 11) is 2.11. The third-order valence-electron chi connectivity index (χ3n) is 2.94. The third-order valence-corrected chi connectivity index (χ3v) is 2.94. The second-order valence-electron chi connectivity index (χ2n) is 4.68. The molecule has 1 aromatic rings. The summed E-state index contributed by atoms with van der Waals surface area (Å²) in [4.78, 5) is 12.9. The van der Waals surface area contributed by atoms with Crippen molar-refractivity contribution < 1.29 is 14.3 Å². The lowest BCUT2D eigenvalue weighted by molar-refractivity contribution is 0.0663. The van der Waals surface area contributed by atoms with Gasteiger partial charge in [0, 0.05) is 18.7 Å². The van der Waals surface area contributed by atoms with E-state index in [2.05, 4.69) is 31.1 Å². The number of nitrogens with zero attached hydrogens (tertiary/aromatic N) is 1. The van der Waals surface area contributed by atoms with Gasteiger partial charge in [-0.05, 0) is 46.3 Å². The van der Waals surface area contributed by atoms with Crippen LogP contribution in [0.25, 0.3) is 0 Å². The van der Waals surface area contributed by atoms with Crippen LogP contribution in [0.5, 0.6) is 0 Å². The Labute approximate surface area is 108 Å². The average Bonchev–Trinajstić information content (AvgIpc) is 2.77. The number of rotatable bonds is 8. The molecule has 5 heteroatoms. The summed E-state index contributed by atoms with van der Waals surface area (Å²) in [6.07, 6.45) is 2.13. The predicted molar refractivity (Wildman–Crippen MR) is 71.2 cm³/mol. The fraction of sp³-hybridized carbons (Fsp3) is 0.615. The molecule has 0 saturated carbocycles. The molecule has 0 spiro atoms. The number of unbranched alkanes of at least 4 members (excludes halogenated alkanes) is 1. The number of nitrogens with one attached hydrogen (secondary N) is 1. The molecule has 0 aliphatic carbocycles. The number of carboxylic acid groups (broad SMARTS) is 1. The molecule has 0 aliphatic heterocycles. The van der Waals surface area contributed by atoms with Crippen molar-refractivity contribution in [3.63, 3.8) is 0 Å². The Balaban J connectivity index is 2.16. The van der Waals surface area contributed by atoms with Crippen molar-refractivity contribution in [2.45, 2.75) is 32.7 Å². The van der Waals surface area contributed by atoms with Crippen LogP contribution in [0.15, 0.2) is 16.5 Å². The Kier molecular flexibility index (Phi) is 5.71. The molecule has 102 valence electrons. The Morgan fingerprint density at radius 3 is 2.72 bits per heavy atom. The number of carbonyl (C=O) groups is 1. The smallest absolute Gasteiger partial charge is 0.371 e. The molecule has 1 heterocycles. The van der Waals surface area contributed by atoms with E-state index in [-0.39, 0.29) is 5.76 Å². The number of furan rings is 1. The molecular weight excluding hydrogens is 232 g/mol. The Morgan fingerprint density at radius 1 is 1.44 bits per heavy atom. The van der Waals surface area contributed by atoms with Crippen LogP contribution in [0.2, 0.25) is 0 Å². The molecule has 2 N–H and O–H groups in total. The zero-order valence-electron chi connectivity index (χ0n) is 11.3. The highest BCUT2D eigenvalue weighted by Crippen LogP contribution is 2.13. The maximum atomic E-state index is 10.6. The van der Waals surface area contributed by atoms with Crippen LogP contribution in [0.3, 0.4) is 0 Å². The van der Waals surface area contributed by atoms with Crippen molar-refractivity contribution in [2.24, 2.45) is 0 Å². The minimum Gasteiger partial charge on any atom is -0.475 e. The SMILES string of the molecule is CC(C)N(C)CCCCNc1ccc(C(=O)O)o1. The summed E-state index contributed by atoms with van der Waals surface area (Å²) < 4.78 is 5.09. The molecule has 18 heavy (non-hydrogen) atoms. The molecule has 0 bridgehead atoms. The molecule has 0 aromatic carbocycles. The van der Waals surface area contributed by atoms with Gasteiger partial charge in [0.25, 0.3) is 0 Å². The standard InChI is InChI=1S/C13H22N2O3/c1-10(2)15(3)9-5-4-8-14-12-7-6-11(18-12)13(16)17/h6-7,10,14H,4-5,8-9H2,1-3H3,(H,16,17). The summed E-state index contributed by atoms with van der Waals surface area (Å²) in [6, 6.07) is 3.67. The van der Waals surface area contributed by atoms with Crippen LogP contribution in [0.1, 0.15) is 37.2 Å². The monoisotopic (exact) mass is 254 g/mol. The van der Waals surface area contributed by atoms with E-state index in [0.717, 1.165) is 25.9 Å². The first-order valence-electron chi connectivity index (χ1n) is 6.28. The van der Waals surface area contributed by atoms with E-state index in [1.165, 1.54) is 6.07 Å². The zero-order chi connectivity index (χ0) is 13.5. The molecule has 1 aromatic heterocycles. The second kappa shape index (κ2) is 7.06. The molecular formula is C13H22N2O3. The Bertz CT molecular complexity index is 374. The minimum absolute atomic E-state index is 0.0305. The minimum atomic E-state index is -1.04. The van der Waals surface area contributed by atoms with E-state index in [4.69, 9.17) is 9.52 Å². The van der Waals surface area contributed by atoms with Crippen LogP contribution in [0, 0.1) is 0 Å². The summed E-state index contributed by atoms with van der Waals surface area (Å²) in [5.74, 6) is -0.553. The van der Waals surface area contributed by atoms with Crippen LogP contribution in [-0.2, 0) is 0 Å². The maximum Gasteiger partial charge on any atom is 0.371 e. The lowest BCUT2D eigenvalue weighted by Crippen LogP contribution is -2.27. The van der Waals surface area contributed by atoms with Crippen molar-refractivity contribution in [3.8, 4) is 0 Å². The van der Waals surface area contributed by atoms with Gasteiger partial charge in [0.1, 0.15) is 0 Å². The van der Waals surface area contributed by atoms with Crippen molar-refractivity contribution in [3.05, 3.63) is 17.9 Å². The zero-order valence-corrected chi connectivity index (χ0v) is 11.3. The van der Waals surface area contributed by atoms with Gasteiger partial charge < -0.3 is 19.7 Å². The first kappa shape index (κ1) is 14.6. The largest absolute Gasteiger partial charge is 0.475 e. The van der Waals surface area contributed by atoms with Crippen molar-refractivity contribution >= 4 is 11.9 Å². The highest BCUT2D eigenvalue weighted by atomic mass is 16.4. The quantitative estimate of drug-likeness (QED) is 0.698. The van der Waals surface area contributed by atoms with Gasteiger partial charge in [-0.1, -0.05) is 0 Å². The number of anilines is 1. The highest BCUT2D eigenvalue weighted by Gasteiger charge is 2.08. The molecule has 0 amide bonds. The predicted octanol–water partition coefficient (Wildman–Crippen LogP) is 2.51. The normalized spacial score (nSPS) is 11.2. The average molecular weight is 254 g/mol. The summed E-state index contributed by atoms with van der Waals surface area (Å²) in [6.45, 7) is 6.21. The number of hydrogen-bond donors (Lipinski definition) is 2. The van der Waals surface area contributed by atoms with Crippen molar-refractivity contribution in [2.75, 3.05) is 25.5 Å². The van der Waals surface area contributed by atoms with Crippen LogP contribution in [0.4, 0.5) is 5.88 Å². The second-order valence-corrected chi connectivity index (χ2v) is 4.68. The fourth-order valence-corrected chi connectivity index (χ4v) is 1.50. The molecule has 1 rings (SSSR count). The highest BCUT2D eigenvalue weighted by molar-refractivity contribution is 5.84. The van der Waals surface area contributed by atoms with E-state index >= 15 is 0 Å². The molecule has 0 atom stereocenters. The third kappa shape index (κ3) is 4.79. The van der Waals surface area contributed by atoms with Gasteiger partial charge in [-0.3, -0.25) is 0 Å². The van der Waals surface area contributed by atoms with E-state index < -0.39 is 5.97 Å². The van der Waals surface area contributed by atoms with E-state index in [1.807, 2.05) is 0 Å². The van der Waals surface area contributed by atoms with E-state index in [0.29, 0.717) is 11.9 Å². The van der Waals surface area contributed by atoms with E-state index in [9.17, 15) is 4.79 Å². The van der Waals surface area contributed by atoms with Gasteiger partial charge in [0.2, 0.25) is 5.76 Å². The molecule has 5 nitrogen and oxygen atoms in total. The number of carboxylic acids is 1. The summed E-state index contributed by atoms with van der Waals surface area (Å²) in [5, 5.41) is 11.8. The molecule has 0 saturated heterocycles. The van der Waals surface area contributed by atoms with Gasteiger partial charge in [0.15, 0.2) is 5.88 Å². The van der Waals surface area contributed by atoms with Crippen molar-refractivity contribution in [1.29, 1.82) is 0 Å². The van der Waals surface area contributed by atoms with Crippen LogP contribution in [-0.4, -0.2) is 42.2 Å². The Morgan fingerprint density at radius 2 is 2.17 bits per heavy atom. The van der Waals surface area contributed by atoms with E-state index in [1.54, 1.807) is 6.07 Å². The molecule has 0 aliphatic rings. The van der Waals surface area contributed by atoms with Gasteiger partial charge in [-0.2, -0.15) is 0 Å². The first-order valence-corrected chi connectivity index (χ1v) is 6.28. The lowest BCUT2D eigenvalue weighted by atomic mass is 10.2. The first-order chi connectivity index (χ1) is 8.50. The van der Waals surface area contributed by atoms with Gasteiger partial charge in [0.05, 0.1) is 0 Å². The summed E-state index contributed by atoms with van der Waals surface area (Å²) in [5.41, 5.74) is 0. The Hall–Kier alpha value is -1.49. The molecule has 0 fully saturated rings. The molecule has 0 unspecified atom stereocenters. The maximum absolute atomic E-state index is 10.6. The van der Waals surface area contributed by atoms with Crippen LogP contribution < -0.4 is 5.32 Å². The lowest BCUT2D eigenvalue weighted by Gasteiger charge is -2.20.